The van der Waals surface area contributed by atoms with E-state index in [9.17, 15) is 9.90 Å². The minimum Gasteiger partial charge on any atom is -0.508 e. The summed E-state index contributed by atoms with van der Waals surface area (Å²) in [6.45, 7) is 7.04. The molecule has 9 nitrogen and oxygen atoms in total. The fraction of sp³-hybridized carbons (Fsp3) is 0.435. The highest BCUT2D eigenvalue weighted by atomic mass is 32.1. The van der Waals surface area contributed by atoms with Gasteiger partial charge in [0.05, 0.1) is 30.0 Å². The summed E-state index contributed by atoms with van der Waals surface area (Å²) in [7, 11) is 0. The first-order valence-corrected chi connectivity index (χ1v) is 12.0. The van der Waals surface area contributed by atoms with Crippen LogP contribution in [0.2, 0.25) is 0 Å². The van der Waals surface area contributed by atoms with E-state index in [2.05, 4.69) is 15.9 Å². The number of aromatic nitrogens is 2. The summed E-state index contributed by atoms with van der Waals surface area (Å²) in [6.07, 6.45) is 0. The lowest BCUT2D eigenvalue weighted by Gasteiger charge is -2.33. The summed E-state index contributed by atoms with van der Waals surface area (Å²) >= 11 is 1.72. The number of nitrogens with zero attached hydrogens (tertiary/aromatic N) is 5. The average Bonchev–Trinajstić information content (AvgIpc) is 3.22. The standard InChI is InChI=1S/C23H27N5O4S/c29-17-3-1-2-16(12-17)22-24-19-13-18(14-26-4-6-27(7-5-26)15-20(30)31)33-21(19)23(25-22)28-8-10-32-11-9-28/h1-3,12-13,29H,4-11,14-15H2,(H,30,31). The Kier molecular flexibility index (Phi) is 6.41. The van der Waals surface area contributed by atoms with E-state index >= 15 is 0 Å². The SMILES string of the molecule is O=C(O)CN1CCN(Cc2cc3nc(-c4cccc(O)c4)nc(N4CCOCC4)c3s2)CC1. The Balaban J connectivity index is 1.43. The number of morpholine rings is 1. The smallest absolute Gasteiger partial charge is 0.317 e. The fourth-order valence-corrected chi connectivity index (χ4v) is 5.48. The van der Waals surface area contributed by atoms with Gasteiger partial charge in [-0.25, -0.2) is 9.97 Å². The second-order valence-corrected chi connectivity index (χ2v) is 9.53. The van der Waals surface area contributed by atoms with Crippen molar-refractivity contribution in [3.05, 3.63) is 35.2 Å². The van der Waals surface area contributed by atoms with Gasteiger partial charge in [-0.2, -0.15) is 0 Å². The number of benzene rings is 1. The van der Waals surface area contributed by atoms with Crippen LogP contribution in [0.25, 0.3) is 21.6 Å². The predicted octanol–water partition coefficient (Wildman–Crippen LogP) is 2.10. The maximum atomic E-state index is 11.0. The van der Waals surface area contributed by atoms with Gasteiger partial charge in [0.2, 0.25) is 0 Å². The summed E-state index contributed by atoms with van der Waals surface area (Å²) in [5, 5.41) is 18.9. The van der Waals surface area contributed by atoms with Crippen LogP contribution in [0.15, 0.2) is 30.3 Å². The molecule has 0 bridgehead atoms. The molecule has 174 valence electrons. The van der Waals surface area contributed by atoms with Gasteiger partial charge in [0, 0.05) is 56.3 Å². The Labute approximate surface area is 195 Å². The van der Waals surface area contributed by atoms with Crippen LogP contribution in [-0.4, -0.2) is 95.0 Å². The number of aromatic hydroxyl groups is 1. The van der Waals surface area contributed by atoms with Gasteiger partial charge in [-0.15, -0.1) is 11.3 Å². The number of hydrogen-bond acceptors (Lipinski definition) is 9. The molecule has 0 atom stereocenters. The van der Waals surface area contributed by atoms with Crippen molar-refractivity contribution in [3.63, 3.8) is 0 Å². The number of carboxylic acid groups (broad SMARTS) is 1. The number of phenols is 1. The molecular weight excluding hydrogens is 442 g/mol. The highest BCUT2D eigenvalue weighted by molar-refractivity contribution is 7.19. The van der Waals surface area contributed by atoms with Crippen molar-refractivity contribution in [1.82, 2.24) is 19.8 Å². The van der Waals surface area contributed by atoms with Gasteiger partial charge in [0.15, 0.2) is 11.6 Å². The number of fused-ring (bicyclic) bond motifs is 1. The minimum atomic E-state index is -0.773. The monoisotopic (exact) mass is 469 g/mol. The number of carbonyl (C=O) groups is 1. The number of piperazine rings is 1. The number of ether oxygens (including phenoxy) is 1. The highest BCUT2D eigenvalue weighted by Gasteiger charge is 2.23. The Bertz CT molecular complexity index is 1140. The third-order valence-corrected chi connectivity index (χ3v) is 7.13. The number of hydrogen-bond donors (Lipinski definition) is 2. The third-order valence-electron chi connectivity index (χ3n) is 6.02. The quantitative estimate of drug-likeness (QED) is 0.562. The molecule has 1 aromatic carbocycles. The molecular formula is C23H27N5O4S. The van der Waals surface area contributed by atoms with E-state index in [4.69, 9.17) is 19.8 Å². The van der Waals surface area contributed by atoms with Crippen molar-refractivity contribution in [2.45, 2.75) is 6.54 Å². The second kappa shape index (κ2) is 9.60. The van der Waals surface area contributed by atoms with Crippen LogP contribution >= 0.6 is 11.3 Å². The zero-order valence-electron chi connectivity index (χ0n) is 18.3. The Morgan fingerprint density at radius 1 is 1.03 bits per heavy atom. The molecule has 0 unspecified atom stereocenters. The van der Waals surface area contributed by atoms with Gasteiger partial charge in [0.1, 0.15) is 5.75 Å². The number of carboxylic acids is 1. The van der Waals surface area contributed by atoms with Crippen LogP contribution in [0, 0.1) is 0 Å². The van der Waals surface area contributed by atoms with Crippen molar-refractivity contribution >= 4 is 33.3 Å². The number of anilines is 1. The van der Waals surface area contributed by atoms with Gasteiger partial charge >= 0.3 is 5.97 Å². The molecule has 0 spiro atoms. The largest absolute Gasteiger partial charge is 0.508 e. The topological polar surface area (TPSA) is 102 Å². The van der Waals surface area contributed by atoms with E-state index in [0.717, 1.165) is 67.4 Å². The van der Waals surface area contributed by atoms with Crippen molar-refractivity contribution in [2.75, 3.05) is 63.9 Å². The zero-order valence-corrected chi connectivity index (χ0v) is 19.1. The number of phenolic OH excluding ortho intramolecular Hbond substituents is 1. The molecule has 0 saturated carbocycles. The zero-order chi connectivity index (χ0) is 22.8. The van der Waals surface area contributed by atoms with Gasteiger partial charge in [-0.1, -0.05) is 12.1 Å². The van der Waals surface area contributed by atoms with Gasteiger partial charge < -0.3 is 19.8 Å². The van der Waals surface area contributed by atoms with Gasteiger partial charge in [-0.05, 0) is 18.2 Å². The average molecular weight is 470 g/mol. The molecule has 2 fully saturated rings. The van der Waals surface area contributed by atoms with Crippen molar-refractivity contribution in [1.29, 1.82) is 0 Å². The third kappa shape index (κ3) is 5.09. The predicted molar refractivity (Wildman–Crippen MR) is 127 cm³/mol. The van der Waals surface area contributed by atoms with Crippen molar-refractivity contribution in [3.8, 4) is 17.1 Å². The first-order valence-electron chi connectivity index (χ1n) is 11.1. The Hall–Kier alpha value is -2.79. The molecule has 2 aliphatic rings. The number of rotatable bonds is 6. The lowest BCUT2D eigenvalue weighted by Crippen LogP contribution is -2.47. The summed E-state index contributed by atoms with van der Waals surface area (Å²) in [4.78, 5) is 28.5. The summed E-state index contributed by atoms with van der Waals surface area (Å²) in [6, 6.07) is 9.18. The number of aliphatic carboxylic acids is 1. The molecule has 2 saturated heterocycles. The van der Waals surface area contributed by atoms with Crippen molar-refractivity contribution < 1.29 is 19.7 Å². The second-order valence-electron chi connectivity index (χ2n) is 8.39. The van der Waals surface area contributed by atoms with E-state index in [1.54, 1.807) is 29.5 Å². The molecule has 5 rings (SSSR count). The first kappa shape index (κ1) is 22.0. The van der Waals surface area contributed by atoms with Crippen LogP contribution < -0.4 is 4.90 Å². The summed E-state index contributed by atoms with van der Waals surface area (Å²) < 4.78 is 6.61. The fourth-order valence-electron chi connectivity index (χ4n) is 4.32. The molecule has 3 aromatic rings. The molecule has 33 heavy (non-hydrogen) atoms. The Morgan fingerprint density at radius 3 is 2.52 bits per heavy atom. The lowest BCUT2D eigenvalue weighted by atomic mass is 10.2. The van der Waals surface area contributed by atoms with E-state index in [-0.39, 0.29) is 12.3 Å². The van der Waals surface area contributed by atoms with Crippen molar-refractivity contribution in [2.24, 2.45) is 0 Å². The Morgan fingerprint density at radius 2 is 1.79 bits per heavy atom. The molecule has 2 N–H and O–H groups in total. The maximum absolute atomic E-state index is 11.0. The van der Waals surface area contributed by atoms with Crippen LogP contribution in [0.4, 0.5) is 5.82 Å². The van der Waals surface area contributed by atoms with E-state index in [0.29, 0.717) is 19.0 Å². The minimum absolute atomic E-state index is 0.104. The summed E-state index contributed by atoms with van der Waals surface area (Å²) in [5.74, 6) is 0.942. The molecule has 10 heteroatoms. The first-order chi connectivity index (χ1) is 16.0. The lowest BCUT2D eigenvalue weighted by molar-refractivity contribution is -0.138. The molecule has 0 amide bonds. The van der Waals surface area contributed by atoms with E-state index < -0.39 is 5.97 Å². The normalized spacial score (nSPS) is 18.1. The summed E-state index contributed by atoms with van der Waals surface area (Å²) in [5.41, 5.74) is 1.70. The molecule has 0 radical (unpaired) electrons. The maximum Gasteiger partial charge on any atom is 0.317 e. The molecule has 4 heterocycles. The van der Waals surface area contributed by atoms with E-state index in [1.807, 2.05) is 11.0 Å². The van der Waals surface area contributed by atoms with Crippen LogP contribution in [0.1, 0.15) is 4.88 Å². The van der Waals surface area contributed by atoms with E-state index in [1.165, 1.54) is 4.88 Å². The molecule has 0 aliphatic carbocycles. The molecule has 2 aromatic heterocycles. The number of thiophene rings is 1. The van der Waals surface area contributed by atoms with Crippen LogP contribution in [0.5, 0.6) is 5.75 Å². The highest BCUT2D eigenvalue weighted by Crippen LogP contribution is 2.35. The molecule has 2 aliphatic heterocycles. The van der Waals surface area contributed by atoms with Crippen LogP contribution in [-0.2, 0) is 16.1 Å². The van der Waals surface area contributed by atoms with Crippen LogP contribution in [0.3, 0.4) is 0 Å². The van der Waals surface area contributed by atoms with Gasteiger partial charge in [0.25, 0.3) is 0 Å². The van der Waals surface area contributed by atoms with Gasteiger partial charge in [-0.3, -0.25) is 14.6 Å².